The number of carbonyl (C=O) groups excluding carboxylic acids is 1. The van der Waals surface area contributed by atoms with Gasteiger partial charge in [-0.15, -0.1) is 0 Å². The van der Waals surface area contributed by atoms with E-state index >= 15 is 0 Å². The Morgan fingerprint density at radius 2 is 2.26 bits per heavy atom. The van der Waals surface area contributed by atoms with Crippen LogP contribution < -0.4 is 15.6 Å². The molecule has 0 aliphatic carbocycles. The van der Waals surface area contributed by atoms with E-state index in [1.165, 1.54) is 0 Å². The second-order valence-corrected chi connectivity index (χ2v) is 5.54. The number of nitrogens with one attached hydrogen (secondary N) is 1. The third-order valence-electron chi connectivity index (χ3n) is 3.54. The summed E-state index contributed by atoms with van der Waals surface area (Å²) in [6.45, 7) is 3.96. The molecule has 0 radical (unpaired) electrons. The minimum Gasteiger partial charge on any atom is -0.458 e. The molecule has 2 aromatic rings. The van der Waals surface area contributed by atoms with Crippen LogP contribution in [0.1, 0.15) is 30.1 Å². The molecule has 1 heterocycles. The lowest BCUT2D eigenvalue weighted by atomic mass is 10.1. The van der Waals surface area contributed by atoms with E-state index in [1.807, 2.05) is 41.0 Å². The molecular formula is C17H25N4O2+. The number of nitrogens with zero attached hydrogens (tertiary/aromatic N) is 2. The average Bonchev–Trinajstić information content (AvgIpc) is 2.94. The topological polar surface area (TPSA) is 73.2 Å². The van der Waals surface area contributed by atoms with Crippen molar-refractivity contribution in [1.82, 2.24) is 4.57 Å². The molecule has 6 nitrogen and oxygen atoms in total. The highest BCUT2D eigenvalue weighted by Crippen LogP contribution is 2.20. The molecule has 0 spiro atoms. The van der Waals surface area contributed by atoms with Crippen LogP contribution in [0.25, 0.3) is 0 Å². The van der Waals surface area contributed by atoms with Crippen LogP contribution in [-0.4, -0.2) is 23.7 Å². The van der Waals surface area contributed by atoms with E-state index in [-0.39, 0.29) is 5.97 Å². The van der Waals surface area contributed by atoms with Crippen molar-refractivity contribution in [3.05, 3.63) is 42.5 Å². The van der Waals surface area contributed by atoms with Gasteiger partial charge in [0.1, 0.15) is 25.5 Å². The number of unbranched alkanes of at least 4 members (excludes halogenated alkanes) is 1. The van der Waals surface area contributed by atoms with Crippen molar-refractivity contribution >= 4 is 17.3 Å². The first-order valence-electron chi connectivity index (χ1n) is 7.91. The zero-order valence-corrected chi connectivity index (χ0v) is 13.8. The Bertz CT molecular complexity index is 652. The van der Waals surface area contributed by atoms with Crippen LogP contribution in [0.4, 0.5) is 11.4 Å². The summed E-state index contributed by atoms with van der Waals surface area (Å²) in [6.07, 6.45) is 8.01. The monoisotopic (exact) mass is 317 g/mol. The molecule has 2 rings (SSSR count). The molecular weight excluding hydrogens is 292 g/mol. The Morgan fingerprint density at radius 1 is 1.43 bits per heavy atom. The van der Waals surface area contributed by atoms with Crippen molar-refractivity contribution in [2.75, 3.05) is 24.2 Å². The van der Waals surface area contributed by atoms with E-state index in [4.69, 9.17) is 10.5 Å². The summed E-state index contributed by atoms with van der Waals surface area (Å²) < 4.78 is 9.19. The summed E-state index contributed by atoms with van der Waals surface area (Å²) in [5.41, 5.74) is 7.88. The molecule has 0 saturated heterocycles. The fourth-order valence-corrected chi connectivity index (χ4v) is 2.21. The first-order chi connectivity index (χ1) is 11.1. The first kappa shape index (κ1) is 16.9. The van der Waals surface area contributed by atoms with Crippen LogP contribution in [0.2, 0.25) is 0 Å². The number of hydrogen-bond donors (Lipinski definition) is 2. The van der Waals surface area contributed by atoms with E-state index in [9.17, 15) is 4.79 Å². The number of aromatic nitrogens is 2. The smallest absolute Gasteiger partial charge is 0.338 e. The van der Waals surface area contributed by atoms with Crippen molar-refractivity contribution in [2.24, 2.45) is 7.05 Å². The van der Waals surface area contributed by atoms with Crippen molar-refractivity contribution in [3.8, 4) is 0 Å². The largest absolute Gasteiger partial charge is 0.458 e. The van der Waals surface area contributed by atoms with Crippen LogP contribution >= 0.6 is 0 Å². The molecule has 0 atom stereocenters. The molecule has 0 saturated carbocycles. The van der Waals surface area contributed by atoms with Crippen molar-refractivity contribution in [3.63, 3.8) is 0 Å². The van der Waals surface area contributed by atoms with Gasteiger partial charge in [0.2, 0.25) is 6.33 Å². The fourth-order valence-electron chi connectivity index (χ4n) is 2.21. The minimum absolute atomic E-state index is 0.323. The van der Waals surface area contributed by atoms with E-state index in [0.717, 1.165) is 25.1 Å². The Hall–Kier alpha value is -2.50. The van der Waals surface area contributed by atoms with Gasteiger partial charge in [0, 0.05) is 6.54 Å². The van der Waals surface area contributed by atoms with E-state index in [2.05, 4.69) is 12.2 Å². The van der Waals surface area contributed by atoms with Gasteiger partial charge in [-0.25, -0.2) is 13.9 Å². The van der Waals surface area contributed by atoms with E-state index in [0.29, 0.717) is 24.4 Å². The Labute approximate surface area is 136 Å². The highest BCUT2D eigenvalue weighted by atomic mass is 16.5. The summed E-state index contributed by atoms with van der Waals surface area (Å²) in [5.74, 6) is -0.353. The Kier molecular flexibility index (Phi) is 6.02. The van der Waals surface area contributed by atoms with Crippen LogP contribution in [0, 0.1) is 0 Å². The van der Waals surface area contributed by atoms with Crippen molar-refractivity contribution in [2.45, 2.75) is 26.3 Å². The van der Waals surface area contributed by atoms with Crippen LogP contribution in [0.15, 0.2) is 36.9 Å². The fraction of sp³-hybridized carbons (Fsp3) is 0.412. The number of carbonyl (C=O) groups is 1. The number of nitrogens with two attached hydrogens (primary N) is 1. The molecule has 0 unspecified atom stereocenters. The predicted octanol–water partition coefficient (Wildman–Crippen LogP) is 1.96. The molecule has 0 aliphatic rings. The Morgan fingerprint density at radius 3 is 2.91 bits per heavy atom. The number of hydrogen-bond acceptors (Lipinski definition) is 4. The number of imidazole rings is 1. The van der Waals surface area contributed by atoms with Crippen LogP contribution in [0.5, 0.6) is 0 Å². The lowest BCUT2D eigenvalue weighted by Gasteiger charge is -2.10. The molecule has 1 aromatic heterocycles. The van der Waals surface area contributed by atoms with Gasteiger partial charge < -0.3 is 15.8 Å². The van der Waals surface area contributed by atoms with E-state index in [1.54, 1.807) is 12.1 Å². The molecule has 124 valence electrons. The quantitative estimate of drug-likeness (QED) is 0.338. The summed E-state index contributed by atoms with van der Waals surface area (Å²) in [4.78, 5) is 12.1. The van der Waals surface area contributed by atoms with Gasteiger partial charge >= 0.3 is 5.97 Å². The normalized spacial score (nSPS) is 10.5. The number of anilines is 2. The maximum absolute atomic E-state index is 12.1. The number of aryl methyl sites for hydroxylation is 1. The Balaban J connectivity index is 1.85. The predicted molar refractivity (Wildman–Crippen MR) is 90.1 cm³/mol. The number of rotatable bonds is 8. The van der Waals surface area contributed by atoms with Crippen molar-refractivity contribution in [1.29, 1.82) is 0 Å². The summed E-state index contributed by atoms with van der Waals surface area (Å²) in [7, 11) is 1.95. The lowest BCUT2D eigenvalue weighted by Crippen LogP contribution is -2.24. The molecule has 0 amide bonds. The third kappa shape index (κ3) is 5.02. The number of nitrogen functional groups attached to an aromatic ring is 1. The summed E-state index contributed by atoms with van der Waals surface area (Å²) in [5, 5.41) is 3.26. The second kappa shape index (κ2) is 8.22. The van der Waals surface area contributed by atoms with Gasteiger partial charge in [-0.2, -0.15) is 0 Å². The molecule has 23 heavy (non-hydrogen) atoms. The first-order valence-corrected chi connectivity index (χ1v) is 7.91. The van der Waals surface area contributed by atoms with Gasteiger partial charge in [-0.3, -0.25) is 0 Å². The SMILES string of the molecule is CCCCNc1ccc(C(=O)OCCn2cc[n+](C)c2)cc1N. The third-order valence-corrected chi connectivity index (χ3v) is 3.54. The summed E-state index contributed by atoms with van der Waals surface area (Å²) in [6, 6.07) is 5.22. The van der Waals surface area contributed by atoms with Gasteiger partial charge in [-0.1, -0.05) is 13.3 Å². The molecule has 6 heteroatoms. The van der Waals surface area contributed by atoms with Gasteiger partial charge in [0.05, 0.1) is 24.0 Å². The van der Waals surface area contributed by atoms with Crippen LogP contribution in [0.3, 0.4) is 0 Å². The molecule has 0 aliphatic heterocycles. The number of esters is 1. The maximum atomic E-state index is 12.1. The summed E-state index contributed by atoms with van der Waals surface area (Å²) >= 11 is 0. The van der Waals surface area contributed by atoms with Gasteiger partial charge in [-0.05, 0) is 24.6 Å². The van der Waals surface area contributed by atoms with Gasteiger partial charge in [0.15, 0.2) is 0 Å². The highest BCUT2D eigenvalue weighted by Gasteiger charge is 2.10. The average molecular weight is 317 g/mol. The molecule has 1 aromatic carbocycles. The van der Waals surface area contributed by atoms with Crippen LogP contribution in [-0.2, 0) is 18.3 Å². The van der Waals surface area contributed by atoms with E-state index < -0.39 is 0 Å². The lowest BCUT2D eigenvalue weighted by molar-refractivity contribution is -0.671. The zero-order valence-electron chi connectivity index (χ0n) is 13.8. The van der Waals surface area contributed by atoms with Gasteiger partial charge in [0.25, 0.3) is 0 Å². The molecule has 3 N–H and O–H groups in total. The standard InChI is InChI=1S/C17H24N4O2/c1-3-4-7-19-16-6-5-14(12-15(16)18)17(22)23-11-10-21-9-8-20(2)13-21/h5-6,8-9,12-13H,3-4,7,10-11,18H2,1-2H3/p+1. The number of benzene rings is 1. The maximum Gasteiger partial charge on any atom is 0.338 e. The second-order valence-electron chi connectivity index (χ2n) is 5.54. The minimum atomic E-state index is -0.353. The zero-order chi connectivity index (χ0) is 16.7. The molecule has 0 fully saturated rings. The van der Waals surface area contributed by atoms with Crippen molar-refractivity contribution < 1.29 is 14.1 Å². The molecule has 0 bridgehead atoms. The number of ether oxygens (including phenoxy) is 1. The highest BCUT2D eigenvalue weighted by molar-refractivity contribution is 5.91.